The molecule has 3 aromatic rings. The molecule has 2 aliphatic heterocycles. The highest BCUT2D eigenvalue weighted by Crippen LogP contribution is 2.33. The van der Waals surface area contributed by atoms with Crippen LogP contribution in [0.1, 0.15) is 63.2 Å². The lowest BCUT2D eigenvalue weighted by atomic mass is 9.94. The lowest BCUT2D eigenvalue weighted by molar-refractivity contribution is -0.111. The monoisotopic (exact) mass is 580 g/mol. The number of guanidine groups is 1. The van der Waals surface area contributed by atoms with Gasteiger partial charge in [0.25, 0.3) is 0 Å². The van der Waals surface area contributed by atoms with E-state index in [1.165, 1.54) is 12.3 Å². The average molecular weight is 581 g/mol. The van der Waals surface area contributed by atoms with Gasteiger partial charge >= 0.3 is 0 Å². The summed E-state index contributed by atoms with van der Waals surface area (Å²) in [5, 5.41) is 5.97. The maximum atomic E-state index is 15.0. The summed E-state index contributed by atoms with van der Waals surface area (Å²) in [4.78, 5) is 18.1. The summed E-state index contributed by atoms with van der Waals surface area (Å²) in [6, 6.07) is 6.51. The fourth-order valence-electron chi connectivity index (χ4n) is 5.90. The van der Waals surface area contributed by atoms with Crippen LogP contribution in [-0.4, -0.2) is 75.7 Å². The molecular weight excluding hydrogens is 538 g/mol. The van der Waals surface area contributed by atoms with E-state index in [2.05, 4.69) is 63.3 Å². The molecule has 0 amide bonds. The summed E-state index contributed by atoms with van der Waals surface area (Å²) in [5.41, 5.74) is 2.21. The minimum absolute atomic E-state index is 0.0763. The molecule has 42 heavy (non-hydrogen) atoms. The molecule has 2 N–H and O–H groups in total. The van der Waals surface area contributed by atoms with Gasteiger partial charge in [0.05, 0.1) is 17.7 Å². The number of aromatic nitrogens is 3. The third-order valence-electron chi connectivity index (χ3n) is 8.15. The van der Waals surface area contributed by atoms with Crippen molar-refractivity contribution in [2.75, 3.05) is 39.1 Å². The van der Waals surface area contributed by atoms with E-state index in [-0.39, 0.29) is 17.2 Å². The van der Waals surface area contributed by atoms with Crippen molar-refractivity contribution in [3.63, 3.8) is 0 Å². The minimum Gasteiger partial charge on any atom is -0.373 e. The Labute approximate surface area is 246 Å². The van der Waals surface area contributed by atoms with E-state index in [1.54, 1.807) is 6.07 Å². The van der Waals surface area contributed by atoms with Crippen LogP contribution in [0.4, 0.5) is 14.6 Å². The van der Waals surface area contributed by atoms with Crippen LogP contribution in [0.3, 0.4) is 0 Å². The Morgan fingerprint density at radius 1 is 1.21 bits per heavy atom. The van der Waals surface area contributed by atoms with E-state index >= 15 is 4.39 Å². The molecule has 4 heterocycles. The third kappa shape index (κ3) is 6.48. The standard InChI is InChI=1S/C31H42F2N8O/c1-19(2)41-21(4)36-29-24(32)12-23(13-26(29)41)28-25(33)16-35-30(38-28)37-27-9-8-22(15-34-27)17-40-10-11-42-31(5,18-40)14-20(3)39(6)7/h8-9,12-13,15-16,19-20,28H,10-11,14,17-18H2,1-7H3,(H2,34,35,37,38). The molecule has 9 nitrogen and oxygen atoms in total. The van der Waals surface area contributed by atoms with E-state index < -0.39 is 17.7 Å². The summed E-state index contributed by atoms with van der Waals surface area (Å²) in [6.45, 7) is 13.5. The molecule has 1 saturated heterocycles. The van der Waals surface area contributed by atoms with Crippen molar-refractivity contribution in [1.82, 2.24) is 29.7 Å². The number of halogens is 2. The molecule has 226 valence electrons. The number of ether oxygens (including phenoxy) is 1. The number of hydrogen-bond donors (Lipinski definition) is 2. The van der Waals surface area contributed by atoms with Gasteiger partial charge in [-0.05, 0) is 84.5 Å². The van der Waals surface area contributed by atoms with Crippen molar-refractivity contribution in [3.8, 4) is 0 Å². The van der Waals surface area contributed by atoms with E-state index in [1.807, 2.05) is 43.7 Å². The molecular formula is C31H42F2N8O. The van der Waals surface area contributed by atoms with Crippen LogP contribution >= 0.6 is 0 Å². The number of anilines is 1. The molecule has 11 heteroatoms. The van der Waals surface area contributed by atoms with Crippen LogP contribution in [0.15, 0.2) is 47.5 Å². The Bertz CT molecular complexity index is 1480. The highest BCUT2D eigenvalue weighted by atomic mass is 19.1. The summed E-state index contributed by atoms with van der Waals surface area (Å²) in [7, 11) is 4.20. The second kappa shape index (κ2) is 12.1. The fourth-order valence-corrected chi connectivity index (χ4v) is 5.90. The van der Waals surface area contributed by atoms with Gasteiger partial charge in [0.2, 0.25) is 5.96 Å². The third-order valence-corrected chi connectivity index (χ3v) is 8.15. The topological polar surface area (TPSA) is 82.8 Å². The first kappa shape index (κ1) is 30.1. The summed E-state index contributed by atoms with van der Waals surface area (Å²) >= 11 is 0. The SMILES string of the molecule is Cc1nc2c(F)cc(C3N=C(Nc4ccc(CN5CCOC(C)(CC(C)N(C)C)C5)cn4)NC=C3F)cc2n1C(C)C. The summed E-state index contributed by atoms with van der Waals surface area (Å²) in [5.74, 6) is 0.605. The van der Waals surface area contributed by atoms with Crippen LogP contribution < -0.4 is 10.6 Å². The molecule has 2 aromatic heterocycles. The Morgan fingerprint density at radius 2 is 2.00 bits per heavy atom. The van der Waals surface area contributed by atoms with Gasteiger partial charge in [0.15, 0.2) is 5.82 Å². The number of nitrogens with one attached hydrogen (secondary N) is 2. The number of imidazole rings is 1. The maximum absolute atomic E-state index is 15.0. The average Bonchev–Trinajstić information content (AvgIpc) is 3.27. The van der Waals surface area contributed by atoms with E-state index in [9.17, 15) is 4.39 Å². The van der Waals surface area contributed by atoms with Crippen LogP contribution in [0, 0.1) is 12.7 Å². The maximum Gasteiger partial charge on any atom is 0.202 e. The molecule has 3 atom stereocenters. The van der Waals surface area contributed by atoms with Gasteiger partial charge in [0.1, 0.15) is 29.0 Å². The predicted octanol–water partition coefficient (Wildman–Crippen LogP) is 5.31. The van der Waals surface area contributed by atoms with Crippen molar-refractivity contribution in [2.45, 2.75) is 71.3 Å². The zero-order valence-electron chi connectivity index (χ0n) is 25.6. The molecule has 5 rings (SSSR count). The Kier molecular flexibility index (Phi) is 8.63. The zero-order chi connectivity index (χ0) is 30.2. The van der Waals surface area contributed by atoms with Crippen molar-refractivity contribution in [1.29, 1.82) is 0 Å². The minimum atomic E-state index is -0.992. The largest absolute Gasteiger partial charge is 0.373 e. The van der Waals surface area contributed by atoms with Gasteiger partial charge in [-0.25, -0.2) is 23.7 Å². The summed E-state index contributed by atoms with van der Waals surface area (Å²) in [6.07, 6.45) is 4.05. The molecule has 3 unspecified atom stereocenters. The predicted molar refractivity (Wildman–Crippen MR) is 163 cm³/mol. The quantitative estimate of drug-likeness (QED) is 0.374. The van der Waals surface area contributed by atoms with Crippen molar-refractivity contribution < 1.29 is 13.5 Å². The van der Waals surface area contributed by atoms with E-state index in [0.29, 0.717) is 41.3 Å². The molecule has 1 fully saturated rings. The van der Waals surface area contributed by atoms with Gasteiger partial charge in [-0.2, -0.15) is 0 Å². The number of pyridine rings is 1. The number of fused-ring (bicyclic) bond motifs is 1. The number of aliphatic imine (C=N–C) groups is 1. The Morgan fingerprint density at radius 3 is 2.69 bits per heavy atom. The van der Waals surface area contributed by atoms with Crippen molar-refractivity contribution in [2.24, 2.45) is 4.99 Å². The first-order chi connectivity index (χ1) is 19.9. The van der Waals surface area contributed by atoms with Crippen LogP contribution in [0.5, 0.6) is 0 Å². The number of aryl methyl sites for hydroxylation is 1. The van der Waals surface area contributed by atoms with Gasteiger partial charge < -0.3 is 24.8 Å². The van der Waals surface area contributed by atoms with Crippen LogP contribution in [0.2, 0.25) is 0 Å². The first-order valence-electron chi connectivity index (χ1n) is 14.5. The number of rotatable bonds is 8. The van der Waals surface area contributed by atoms with Crippen LogP contribution in [0.25, 0.3) is 11.0 Å². The van der Waals surface area contributed by atoms with Crippen molar-refractivity contribution >= 4 is 22.8 Å². The number of benzene rings is 1. The van der Waals surface area contributed by atoms with Crippen molar-refractivity contribution in [3.05, 3.63) is 65.3 Å². The van der Waals surface area contributed by atoms with Gasteiger partial charge in [-0.3, -0.25) is 4.90 Å². The number of hydrogen-bond acceptors (Lipinski definition) is 8. The van der Waals surface area contributed by atoms with Gasteiger partial charge in [-0.1, -0.05) is 6.07 Å². The lowest BCUT2D eigenvalue weighted by Crippen LogP contribution is -2.52. The fraction of sp³-hybridized carbons (Fsp3) is 0.516. The van der Waals surface area contributed by atoms with E-state index in [4.69, 9.17) is 4.74 Å². The Hall–Kier alpha value is -3.41. The molecule has 0 spiro atoms. The second-order valence-electron chi connectivity index (χ2n) is 12.2. The first-order valence-corrected chi connectivity index (χ1v) is 14.5. The lowest BCUT2D eigenvalue weighted by Gasteiger charge is -2.42. The molecule has 0 saturated carbocycles. The molecule has 1 aromatic carbocycles. The Balaban J connectivity index is 1.27. The molecule has 0 bridgehead atoms. The normalized spacial score (nSPS) is 22.3. The molecule has 0 radical (unpaired) electrons. The zero-order valence-corrected chi connectivity index (χ0v) is 25.6. The second-order valence-corrected chi connectivity index (χ2v) is 12.2. The van der Waals surface area contributed by atoms with Gasteiger partial charge in [0, 0.05) is 44.1 Å². The number of nitrogens with zero attached hydrogens (tertiary/aromatic N) is 6. The highest BCUT2D eigenvalue weighted by molar-refractivity contribution is 5.94. The highest BCUT2D eigenvalue weighted by Gasteiger charge is 2.34. The summed E-state index contributed by atoms with van der Waals surface area (Å²) < 4.78 is 38.1. The van der Waals surface area contributed by atoms with Gasteiger partial charge in [-0.15, -0.1) is 0 Å². The van der Waals surface area contributed by atoms with Crippen LogP contribution in [-0.2, 0) is 11.3 Å². The smallest absolute Gasteiger partial charge is 0.202 e. The molecule has 2 aliphatic rings. The van der Waals surface area contributed by atoms with E-state index in [0.717, 1.165) is 31.6 Å². The number of morpholine rings is 1. The molecule has 0 aliphatic carbocycles.